The number of furan rings is 1. The fraction of sp³-hybridized carbons (Fsp3) is 0.227. The number of nitrogens with zero attached hydrogens (tertiary/aromatic N) is 3. The fourth-order valence-corrected chi connectivity index (χ4v) is 4.04. The van der Waals surface area contributed by atoms with Crippen molar-refractivity contribution < 1.29 is 9.21 Å². The predicted molar refractivity (Wildman–Crippen MR) is 113 cm³/mol. The van der Waals surface area contributed by atoms with E-state index in [4.69, 9.17) is 4.42 Å². The van der Waals surface area contributed by atoms with Gasteiger partial charge < -0.3 is 9.73 Å². The van der Waals surface area contributed by atoms with Crippen molar-refractivity contribution in [2.24, 2.45) is 0 Å². The fourth-order valence-electron chi connectivity index (χ4n) is 3.26. The molecule has 4 aromatic rings. The first-order valence-electron chi connectivity index (χ1n) is 9.42. The SMILES string of the molecule is Cc1ccc(-c2nc(CC(=O)NC(C)c3cnn(-c4ccccc4)c3C)cs2)o1. The number of rotatable bonds is 6. The average Bonchev–Trinajstić information content (AvgIpc) is 3.42. The Balaban J connectivity index is 1.41. The van der Waals surface area contributed by atoms with Crippen LogP contribution in [0.25, 0.3) is 16.5 Å². The number of amides is 1. The monoisotopic (exact) mass is 406 g/mol. The molecule has 0 saturated carbocycles. The molecule has 0 spiro atoms. The number of para-hydroxylation sites is 1. The van der Waals surface area contributed by atoms with Gasteiger partial charge in [-0.1, -0.05) is 18.2 Å². The third-order valence-corrected chi connectivity index (χ3v) is 5.64. The minimum Gasteiger partial charge on any atom is -0.459 e. The highest BCUT2D eigenvalue weighted by Crippen LogP contribution is 2.26. The third kappa shape index (κ3) is 4.14. The second kappa shape index (κ2) is 8.05. The molecule has 1 unspecified atom stereocenters. The van der Waals surface area contributed by atoms with Crippen LogP contribution in [0.3, 0.4) is 0 Å². The normalized spacial score (nSPS) is 12.1. The minimum atomic E-state index is -0.147. The Morgan fingerprint density at radius 2 is 2.00 bits per heavy atom. The minimum absolute atomic E-state index is 0.0724. The van der Waals surface area contributed by atoms with Gasteiger partial charge in [0.15, 0.2) is 10.8 Å². The molecule has 148 valence electrons. The molecule has 0 radical (unpaired) electrons. The van der Waals surface area contributed by atoms with Gasteiger partial charge in [0.05, 0.1) is 30.0 Å². The van der Waals surface area contributed by atoms with Gasteiger partial charge in [-0.05, 0) is 45.0 Å². The molecule has 0 fully saturated rings. The van der Waals surface area contributed by atoms with E-state index in [-0.39, 0.29) is 18.4 Å². The Morgan fingerprint density at radius 3 is 2.72 bits per heavy atom. The zero-order valence-electron chi connectivity index (χ0n) is 16.5. The van der Waals surface area contributed by atoms with Crippen molar-refractivity contribution in [1.29, 1.82) is 0 Å². The number of carbonyl (C=O) groups is 1. The molecule has 7 heteroatoms. The molecule has 1 N–H and O–H groups in total. The molecule has 1 aromatic carbocycles. The molecular formula is C22H22N4O2S. The van der Waals surface area contributed by atoms with E-state index in [2.05, 4.69) is 15.4 Å². The van der Waals surface area contributed by atoms with Gasteiger partial charge >= 0.3 is 0 Å². The number of aryl methyl sites for hydroxylation is 1. The summed E-state index contributed by atoms with van der Waals surface area (Å²) in [5.41, 5.74) is 3.73. The Hall–Kier alpha value is -3.19. The van der Waals surface area contributed by atoms with Gasteiger partial charge in [-0.3, -0.25) is 4.79 Å². The Labute approximate surface area is 173 Å². The van der Waals surface area contributed by atoms with E-state index in [1.807, 2.05) is 79.5 Å². The number of benzene rings is 1. The van der Waals surface area contributed by atoms with Crippen molar-refractivity contribution in [3.8, 4) is 16.5 Å². The molecule has 3 heterocycles. The summed E-state index contributed by atoms with van der Waals surface area (Å²) >= 11 is 1.48. The van der Waals surface area contributed by atoms with Gasteiger partial charge in [-0.25, -0.2) is 9.67 Å². The number of carbonyl (C=O) groups excluding carboxylic acids is 1. The van der Waals surface area contributed by atoms with E-state index in [0.29, 0.717) is 0 Å². The van der Waals surface area contributed by atoms with Gasteiger partial charge in [0.1, 0.15) is 5.76 Å². The van der Waals surface area contributed by atoms with Crippen LogP contribution in [0.4, 0.5) is 0 Å². The maximum atomic E-state index is 12.5. The summed E-state index contributed by atoms with van der Waals surface area (Å²) < 4.78 is 7.49. The van der Waals surface area contributed by atoms with Crippen LogP contribution in [0.15, 0.2) is 58.5 Å². The molecule has 0 saturated heterocycles. The van der Waals surface area contributed by atoms with Crippen molar-refractivity contribution in [3.63, 3.8) is 0 Å². The molecule has 0 bridgehead atoms. The van der Waals surface area contributed by atoms with Crippen LogP contribution in [-0.2, 0) is 11.2 Å². The zero-order valence-corrected chi connectivity index (χ0v) is 17.4. The van der Waals surface area contributed by atoms with Crippen molar-refractivity contribution in [3.05, 3.63) is 76.8 Å². The van der Waals surface area contributed by atoms with Gasteiger partial charge in [0, 0.05) is 16.6 Å². The number of aromatic nitrogens is 3. The Kier molecular flexibility index (Phi) is 5.31. The number of thiazole rings is 1. The summed E-state index contributed by atoms with van der Waals surface area (Å²) in [6.07, 6.45) is 2.04. The van der Waals surface area contributed by atoms with E-state index in [0.717, 1.165) is 39.2 Å². The molecule has 1 atom stereocenters. The lowest BCUT2D eigenvalue weighted by Gasteiger charge is -2.14. The van der Waals surface area contributed by atoms with Gasteiger partial charge in [-0.2, -0.15) is 5.10 Å². The van der Waals surface area contributed by atoms with Gasteiger partial charge in [0.2, 0.25) is 5.91 Å². The topological polar surface area (TPSA) is 73.0 Å². The van der Waals surface area contributed by atoms with Crippen molar-refractivity contribution in [1.82, 2.24) is 20.1 Å². The molecule has 0 aliphatic carbocycles. The van der Waals surface area contributed by atoms with E-state index < -0.39 is 0 Å². The van der Waals surface area contributed by atoms with Crippen LogP contribution in [-0.4, -0.2) is 20.7 Å². The largest absolute Gasteiger partial charge is 0.459 e. The first kappa shape index (κ1) is 19.1. The van der Waals surface area contributed by atoms with Crippen LogP contribution < -0.4 is 5.32 Å². The summed E-state index contributed by atoms with van der Waals surface area (Å²) in [5, 5.41) is 10.2. The first-order valence-corrected chi connectivity index (χ1v) is 10.3. The predicted octanol–water partition coefficient (Wildman–Crippen LogP) is 4.63. The maximum Gasteiger partial charge on any atom is 0.226 e. The van der Waals surface area contributed by atoms with E-state index >= 15 is 0 Å². The summed E-state index contributed by atoms with van der Waals surface area (Å²) in [6, 6.07) is 13.6. The van der Waals surface area contributed by atoms with E-state index in [1.54, 1.807) is 0 Å². The first-order chi connectivity index (χ1) is 14.0. The summed E-state index contributed by atoms with van der Waals surface area (Å²) in [5.74, 6) is 1.50. The lowest BCUT2D eigenvalue weighted by Crippen LogP contribution is -2.28. The highest BCUT2D eigenvalue weighted by atomic mass is 32.1. The number of hydrogen-bond acceptors (Lipinski definition) is 5. The van der Waals surface area contributed by atoms with Gasteiger partial charge in [0.25, 0.3) is 0 Å². The molecule has 3 aromatic heterocycles. The lowest BCUT2D eigenvalue weighted by molar-refractivity contribution is -0.121. The van der Waals surface area contributed by atoms with Crippen molar-refractivity contribution in [2.45, 2.75) is 33.2 Å². The molecule has 6 nitrogen and oxygen atoms in total. The Bertz CT molecular complexity index is 1130. The standard InChI is InChI=1S/C22H22N4O2S/c1-14-9-10-20(28-14)22-25-17(13-29-22)11-21(27)24-15(2)19-12-23-26(16(19)3)18-7-5-4-6-8-18/h4-10,12-13,15H,11H2,1-3H3,(H,24,27). The van der Waals surface area contributed by atoms with Crippen molar-refractivity contribution in [2.75, 3.05) is 0 Å². The summed E-state index contributed by atoms with van der Waals surface area (Å²) in [7, 11) is 0. The average molecular weight is 407 g/mol. The van der Waals surface area contributed by atoms with Crippen molar-refractivity contribution >= 4 is 17.2 Å². The molecule has 0 aliphatic rings. The number of nitrogens with one attached hydrogen (secondary N) is 1. The second-order valence-corrected chi connectivity index (χ2v) is 7.81. The van der Waals surface area contributed by atoms with Crippen LogP contribution in [0.1, 0.15) is 35.7 Å². The molecule has 1 amide bonds. The van der Waals surface area contributed by atoms with Crippen LogP contribution in [0.5, 0.6) is 0 Å². The summed E-state index contributed by atoms with van der Waals surface area (Å²) in [4.78, 5) is 17.1. The second-order valence-electron chi connectivity index (χ2n) is 6.95. The summed E-state index contributed by atoms with van der Waals surface area (Å²) in [6.45, 7) is 5.88. The smallest absolute Gasteiger partial charge is 0.226 e. The van der Waals surface area contributed by atoms with Gasteiger partial charge in [-0.15, -0.1) is 11.3 Å². The highest BCUT2D eigenvalue weighted by Gasteiger charge is 2.17. The quantitative estimate of drug-likeness (QED) is 0.507. The number of hydrogen-bond donors (Lipinski definition) is 1. The zero-order chi connectivity index (χ0) is 20.4. The van der Waals surface area contributed by atoms with E-state index in [1.165, 1.54) is 11.3 Å². The Morgan fingerprint density at radius 1 is 1.21 bits per heavy atom. The van der Waals surface area contributed by atoms with Crippen LogP contribution in [0, 0.1) is 13.8 Å². The lowest BCUT2D eigenvalue weighted by atomic mass is 10.1. The highest BCUT2D eigenvalue weighted by molar-refractivity contribution is 7.13. The molecule has 0 aliphatic heterocycles. The maximum absolute atomic E-state index is 12.5. The third-order valence-electron chi connectivity index (χ3n) is 4.74. The molecular weight excluding hydrogens is 384 g/mol. The molecule has 4 rings (SSSR count). The van der Waals surface area contributed by atoms with Crippen LogP contribution in [0.2, 0.25) is 0 Å². The molecule has 29 heavy (non-hydrogen) atoms. The van der Waals surface area contributed by atoms with E-state index in [9.17, 15) is 4.79 Å². The van der Waals surface area contributed by atoms with Crippen LogP contribution >= 0.6 is 11.3 Å².